The molecule has 6 nitrogen and oxygen atoms in total. The number of thiazole rings is 1. The maximum atomic E-state index is 8.59. The summed E-state index contributed by atoms with van der Waals surface area (Å²) in [6, 6.07) is 5.12. The number of nitrogens with two attached hydrogens (primary N) is 1. The van der Waals surface area contributed by atoms with Crippen molar-refractivity contribution in [3.05, 3.63) is 40.0 Å². The van der Waals surface area contributed by atoms with Crippen molar-refractivity contribution in [1.29, 1.82) is 0 Å². The van der Waals surface area contributed by atoms with Crippen molar-refractivity contribution >= 4 is 17.2 Å². The molecule has 0 atom stereocenters. The van der Waals surface area contributed by atoms with Crippen molar-refractivity contribution in [2.75, 3.05) is 6.61 Å². The van der Waals surface area contributed by atoms with Crippen molar-refractivity contribution < 1.29 is 9.94 Å². The van der Waals surface area contributed by atoms with Crippen molar-refractivity contribution in [2.45, 2.75) is 13.3 Å². The third-order valence-electron chi connectivity index (χ3n) is 2.52. The van der Waals surface area contributed by atoms with Gasteiger partial charge < -0.3 is 15.7 Å². The van der Waals surface area contributed by atoms with Gasteiger partial charge in [-0.1, -0.05) is 11.2 Å². The van der Waals surface area contributed by atoms with Gasteiger partial charge in [0.05, 0.1) is 17.8 Å². The van der Waals surface area contributed by atoms with Crippen molar-refractivity contribution in [3.8, 4) is 5.88 Å². The molecule has 0 aliphatic heterocycles. The van der Waals surface area contributed by atoms with E-state index in [-0.39, 0.29) is 5.84 Å². The van der Waals surface area contributed by atoms with E-state index in [0.717, 1.165) is 12.1 Å². The lowest BCUT2D eigenvalue weighted by Crippen LogP contribution is -2.15. The Morgan fingerprint density at radius 1 is 1.53 bits per heavy atom. The van der Waals surface area contributed by atoms with Crippen LogP contribution in [-0.2, 0) is 6.42 Å². The van der Waals surface area contributed by atoms with Crippen LogP contribution in [0.5, 0.6) is 5.88 Å². The third kappa shape index (κ3) is 3.41. The lowest BCUT2D eigenvalue weighted by Gasteiger charge is -2.06. The Morgan fingerprint density at radius 3 is 3.05 bits per heavy atom. The van der Waals surface area contributed by atoms with Crippen molar-refractivity contribution in [1.82, 2.24) is 9.97 Å². The van der Waals surface area contributed by atoms with Gasteiger partial charge >= 0.3 is 0 Å². The molecule has 0 unspecified atom stereocenters. The van der Waals surface area contributed by atoms with E-state index >= 15 is 0 Å². The highest BCUT2D eigenvalue weighted by atomic mass is 32.1. The summed E-state index contributed by atoms with van der Waals surface area (Å²) >= 11 is 1.61. The van der Waals surface area contributed by atoms with E-state index in [0.29, 0.717) is 18.2 Å². The fourth-order valence-corrected chi connectivity index (χ4v) is 2.27. The first-order chi connectivity index (χ1) is 9.20. The first-order valence-corrected chi connectivity index (χ1v) is 6.55. The second-order valence-electron chi connectivity index (χ2n) is 3.81. The first-order valence-electron chi connectivity index (χ1n) is 5.67. The molecule has 0 spiro atoms. The summed E-state index contributed by atoms with van der Waals surface area (Å²) in [5.74, 6) is 0.412. The summed E-state index contributed by atoms with van der Waals surface area (Å²) in [5, 5.41) is 11.5. The number of oxime groups is 1. The molecule has 0 fully saturated rings. The Labute approximate surface area is 114 Å². The van der Waals surface area contributed by atoms with Crippen molar-refractivity contribution in [3.63, 3.8) is 0 Å². The molecule has 0 bridgehead atoms. The summed E-state index contributed by atoms with van der Waals surface area (Å²) in [6.07, 6.45) is 0.784. The van der Waals surface area contributed by atoms with E-state index in [1.807, 2.05) is 12.4 Å². The van der Waals surface area contributed by atoms with Crippen LogP contribution in [0.4, 0.5) is 0 Å². The fourth-order valence-electron chi connectivity index (χ4n) is 1.50. The Bertz CT molecular complexity index is 583. The van der Waals surface area contributed by atoms with Crippen LogP contribution in [0, 0.1) is 6.92 Å². The maximum Gasteiger partial charge on any atom is 0.213 e. The zero-order valence-electron chi connectivity index (χ0n) is 10.4. The Balaban J connectivity index is 1.95. The SMILES string of the molecule is Cc1ncsc1CCOc1cccc(C(N)=NO)n1. The molecule has 19 heavy (non-hydrogen) atoms. The van der Waals surface area contributed by atoms with E-state index in [9.17, 15) is 0 Å². The molecule has 0 radical (unpaired) electrons. The number of hydrogen-bond acceptors (Lipinski definition) is 6. The van der Waals surface area contributed by atoms with E-state index in [1.165, 1.54) is 4.88 Å². The normalized spacial score (nSPS) is 11.5. The second-order valence-corrected chi connectivity index (χ2v) is 4.75. The molecule has 2 aromatic heterocycles. The Kier molecular flexibility index (Phi) is 4.30. The summed E-state index contributed by atoms with van der Waals surface area (Å²) < 4.78 is 5.55. The van der Waals surface area contributed by atoms with Crippen LogP contribution in [0.25, 0.3) is 0 Å². The number of ether oxygens (including phenoxy) is 1. The molecular weight excluding hydrogens is 264 g/mol. The van der Waals surface area contributed by atoms with Crippen LogP contribution >= 0.6 is 11.3 Å². The molecule has 0 saturated carbocycles. The monoisotopic (exact) mass is 278 g/mol. The molecule has 3 N–H and O–H groups in total. The minimum absolute atomic E-state index is 0.0382. The van der Waals surface area contributed by atoms with Gasteiger partial charge in [0.15, 0.2) is 5.84 Å². The molecule has 2 aromatic rings. The summed E-state index contributed by atoms with van der Waals surface area (Å²) in [6.45, 7) is 2.48. The van der Waals surface area contributed by atoms with E-state index < -0.39 is 0 Å². The standard InChI is InChI=1S/C12H14N4O2S/c1-8-10(19-7-14-8)5-6-18-11-4-2-3-9(15-11)12(13)16-17/h2-4,7,17H,5-6H2,1H3,(H2,13,16). The van der Waals surface area contributed by atoms with Crippen LogP contribution < -0.4 is 10.5 Å². The number of aromatic nitrogens is 2. The molecule has 0 saturated heterocycles. The third-order valence-corrected chi connectivity index (χ3v) is 3.51. The zero-order valence-corrected chi connectivity index (χ0v) is 11.2. The molecule has 0 aliphatic rings. The van der Waals surface area contributed by atoms with Crippen LogP contribution in [0.2, 0.25) is 0 Å². The summed E-state index contributed by atoms with van der Waals surface area (Å²) in [4.78, 5) is 9.51. The summed E-state index contributed by atoms with van der Waals surface area (Å²) in [7, 11) is 0. The average Bonchev–Trinajstić information content (AvgIpc) is 2.84. The lowest BCUT2D eigenvalue weighted by molar-refractivity contribution is 0.309. The van der Waals surface area contributed by atoms with Crippen LogP contribution in [0.15, 0.2) is 28.9 Å². The maximum absolute atomic E-state index is 8.59. The van der Waals surface area contributed by atoms with E-state index in [4.69, 9.17) is 15.7 Å². The van der Waals surface area contributed by atoms with Gasteiger partial charge in [0.1, 0.15) is 5.69 Å². The molecule has 0 aromatic carbocycles. The van der Waals surface area contributed by atoms with Crippen molar-refractivity contribution in [2.24, 2.45) is 10.9 Å². The second kappa shape index (κ2) is 6.14. The van der Waals surface area contributed by atoms with E-state index in [2.05, 4.69) is 15.1 Å². The minimum Gasteiger partial charge on any atom is -0.477 e. The zero-order chi connectivity index (χ0) is 13.7. The Hall–Kier alpha value is -2.15. The van der Waals surface area contributed by atoms with Gasteiger partial charge in [0, 0.05) is 17.4 Å². The number of amidine groups is 1. The number of rotatable bonds is 5. The molecule has 7 heteroatoms. The number of pyridine rings is 1. The topological polar surface area (TPSA) is 93.6 Å². The molecule has 0 amide bonds. The largest absolute Gasteiger partial charge is 0.477 e. The molecule has 2 heterocycles. The average molecular weight is 278 g/mol. The van der Waals surface area contributed by atoms with Gasteiger partial charge in [-0.3, -0.25) is 0 Å². The van der Waals surface area contributed by atoms with Gasteiger partial charge in [0.25, 0.3) is 0 Å². The molecule has 0 aliphatic carbocycles. The Morgan fingerprint density at radius 2 is 2.37 bits per heavy atom. The van der Waals surface area contributed by atoms with Gasteiger partial charge in [-0.25, -0.2) is 9.97 Å². The highest BCUT2D eigenvalue weighted by molar-refractivity contribution is 7.09. The van der Waals surface area contributed by atoms with Gasteiger partial charge in [-0.2, -0.15) is 0 Å². The predicted octanol–water partition coefficient (Wildman–Crippen LogP) is 1.56. The van der Waals surface area contributed by atoms with Gasteiger partial charge in [0.2, 0.25) is 5.88 Å². The lowest BCUT2D eigenvalue weighted by atomic mass is 10.3. The van der Waals surface area contributed by atoms with E-state index in [1.54, 1.807) is 29.5 Å². The summed E-state index contributed by atoms with van der Waals surface area (Å²) in [5.41, 5.74) is 8.70. The van der Waals surface area contributed by atoms with Crippen LogP contribution in [-0.4, -0.2) is 27.6 Å². The van der Waals surface area contributed by atoms with Gasteiger partial charge in [-0.05, 0) is 13.0 Å². The minimum atomic E-state index is -0.0382. The smallest absolute Gasteiger partial charge is 0.213 e. The predicted molar refractivity (Wildman–Crippen MR) is 72.8 cm³/mol. The molecular formula is C12H14N4O2S. The quantitative estimate of drug-likeness (QED) is 0.375. The fraction of sp³-hybridized carbons (Fsp3) is 0.250. The highest BCUT2D eigenvalue weighted by Gasteiger charge is 2.05. The highest BCUT2D eigenvalue weighted by Crippen LogP contribution is 2.14. The number of hydrogen-bond donors (Lipinski definition) is 2. The van der Waals surface area contributed by atoms with Crippen LogP contribution in [0.1, 0.15) is 16.3 Å². The van der Waals surface area contributed by atoms with Gasteiger partial charge in [-0.15, -0.1) is 11.3 Å². The molecule has 2 rings (SSSR count). The van der Waals surface area contributed by atoms with Crippen LogP contribution in [0.3, 0.4) is 0 Å². The number of nitrogens with zero attached hydrogens (tertiary/aromatic N) is 3. The number of aryl methyl sites for hydroxylation is 1. The molecule has 100 valence electrons. The first kappa shape index (κ1) is 13.3.